The molecule has 146 valence electrons. The molecule has 2 saturated heterocycles. The number of nitrogens with zero attached hydrogens (tertiary/aromatic N) is 3. The number of hydrogen-bond acceptors (Lipinski definition) is 4. The minimum Gasteiger partial charge on any atom is -0.342 e. The van der Waals surface area contributed by atoms with Gasteiger partial charge in [-0.3, -0.25) is 14.4 Å². The van der Waals surface area contributed by atoms with Gasteiger partial charge >= 0.3 is 0 Å². The summed E-state index contributed by atoms with van der Waals surface area (Å²) in [5.41, 5.74) is 0.134. The summed E-state index contributed by atoms with van der Waals surface area (Å²) in [4.78, 5) is 43.6. The Morgan fingerprint density at radius 3 is 2.48 bits per heavy atom. The van der Waals surface area contributed by atoms with Crippen LogP contribution in [0.4, 0.5) is 0 Å². The molecule has 1 saturated carbocycles. The molecule has 6 nitrogen and oxygen atoms in total. The predicted octanol–water partition coefficient (Wildman–Crippen LogP) is 2.07. The molecule has 1 unspecified atom stereocenters. The van der Waals surface area contributed by atoms with Crippen LogP contribution in [0.2, 0.25) is 0 Å². The first-order valence-electron chi connectivity index (χ1n) is 9.86. The van der Waals surface area contributed by atoms with Gasteiger partial charge in [-0.1, -0.05) is 6.07 Å². The summed E-state index contributed by atoms with van der Waals surface area (Å²) >= 11 is 1.39. The van der Waals surface area contributed by atoms with Gasteiger partial charge in [0.05, 0.1) is 11.4 Å². The van der Waals surface area contributed by atoms with Gasteiger partial charge in [-0.2, -0.15) is 0 Å². The van der Waals surface area contributed by atoms with Gasteiger partial charge in [-0.15, -0.1) is 11.3 Å². The second-order valence-electron chi connectivity index (χ2n) is 8.17. The molecule has 3 heterocycles. The highest BCUT2D eigenvalue weighted by Gasteiger charge is 2.59. The number of likely N-dealkylation sites (tertiary alicyclic amines) is 2. The number of hydrogen-bond donors (Lipinski definition) is 0. The highest BCUT2D eigenvalue weighted by atomic mass is 32.1. The van der Waals surface area contributed by atoms with E-state index in [1.165, 1.54) is 16.2 Å². The smallest absolute Gasteiger partial charge is 0.264 e. The summed E-state index contributed by atoms with van der Waals surface area (Å²) in [5.74, 6) is 0.412. The fraction of sp³-hybridized carbons (Fsp3) is 0.650. The average molecular weight is 390 g/mol. The molecule has 0 N–H and O–H groups in total. The van der Waals surface area contributed by atoms with Crippen LogP contribution in [0, 0.1) is 11.3 Å². The fourth-order valence-corrected chi connectivity index (χ4v) is 5.29. The Morgan fingerprint density at radius 2 is 1.85 bits per heavy atom. The maximum Gasteiger partial charge on any atom is 0.264 e. The zero-order chi connectivity index (χ0) is 19.0. The normalized spacial score (nSPS) is 23.5. The van der Waals surface area contributed by atoms with Crippen molar-refractivity contribution in [3.63, 3.8) is 0 Å². The molecule has 0 radical (unpaired) electrons. The molecule has 3 aliphatic rings. The molecule has 1 atom stereocenters. The summed E-state index contributed by atoms with van der Waals surface area (Å²) in [6.45, 7) is 3.34. The number of piperidine rings is 1. The summed E-state index contributed by atoms with van der Waals surface area (Å²) in [6, 6.07) is 3.62. The topological polar surface area (TPSA) is 60.9 Å². The second kappa shape index (κ2) is 7.26. The molecule has 0 bridgehead atoms. The van der Waals surface area contributed by atoms with Gasteiger partial charge < -0.3 is 14.7 Å². The van der Waals surface area contributed by atoms with Gasteiger partial charge in [-0.25, -0.2) is 0 Å². The Balaban J connectivity index is 1.26. The lowest BCUT2D eigenvalue weighted by atomic mass is 9.90. The minimum atomic E-state index is -0.106. The molecule has 1 aromatic heterocycles. The number of likely N-dealkylation sites (N-methyl/N-ethyl adjacent to an activating group) is 1. The third kappa shape index (κ3) is 3.61. The molecule has 1 aliphatic carbocycles. The zero-order valence-electron chi connectivity index (χ0n) is 15.9. The molecule has 3 amide bonds. The second-order valence-corrected chi connectivity index (χ2v) is 9.12. The van der Waals surface area contributed by atoms with E-state index in [9.17, 15) is 14.4 Å². The molecule has 27 heavy (non-hydrogen) atoms. The standard InChI is InChI=1S/C20H27N3O3S/c1-21(19(26)16-5-4-12-27-16)14-17(24)22-10-6-20(7-11-22)13-15(20)18(25)23-8-2-3-9-23/h4-5,12,15H,2-3,6-11,13-14H2,1H3. The van der Waals surface area contributed by atoms with E-state index in [4.69, 9.17) is 0 Å². The van der Waals surface area contributed by atoms with Crippen LogP contribution in [-0.2, 0) is 9.59 Å². The Morgan fingerprint density at radius 1 is 1.15 bits per heavy atom. The lowest BCUT2D eigenvalue weighted by Gasteiger charge is -2.34. The maximum atomic E-state index is 12.6. The Hall–Kier alpha value is -1.89. The maximum absolute atomic E-state index is 12.6. The quantitative estimate of drug-likeness (QED) is 0.792. The van der Waals surface area contributed by atoms with Crippen molar-refractivity contribution in [2.75, 3.05) is 39.8 Å². The lowest BCUT2D eigenvalue weighted by molar-refractivity contribution is -0.134. The predicted molar refractivity (Wildman–Crippen MR) is 103 cm³/mol. The molecular weight excluding hydrogens is 362 g/mol. The first-order valence-corrected chi connectivity index (χ1v) is 10.7. The molecule has 7 heteroatoms. The summed E-state index contributed by atoms with van der Waals surface area (Å²) in [7, 11) is 1.68. The Kier molecular flexibility index (Phi) is 4.97. The first kappa shape index (κ1) is 18.5. The largest absolute Gasteiger partial charge is 0.342 e. The van der Waals surface area contributed by atoms with Crippen molar-refractivity contribution in [1.82, 2.24) is 14.7 Å². The van der Waals surface area contributed by atoms with Crippen molar-refractivity contribution >= 4 is 29.1 Å². The van der Waals surface area contributed by atoms with Crippen LogP contribution in [0.3, 0.4) is 0 Å². The molecule has 4 rings (SSSR count). The van der Waals surface area contributed by atoms with E-state index in [2.05, 4.69) is 0 Å². The molecule has 2 aliphatic heterocycles. The van der Waals surface area contributed by atoms with Crippen molar-refractivity contribution in [2.45, 2.75) is 32.1 Å². The highest BCUT2D eigenvalue weighted by Crippen LogP contribution is 2.60. The molecule has 1 aromatic rings. The highest BCUT2D eigenvalue weighted by molar-refractivity contribution is 7.12. The SMILES string of the molecule is CN(CC(=O)N1CCC2(CC1)CC2C(=O)N1CCCC1)C(=O)c1cccs1. The van der Waals surface area contributed by atoms with Gasteiger partial charge in [0.15, 0.2) is 0 Å². The third-order valence-corrected chi connectivity index (χ3v) is 7.33. The van der Waals surface area contributed by atoms with Gasteiger partial charge in [0, 0.05) is 39.1 Å². The third-order valence-electron chi connectivity index (χ3n) is 6.47. The van der Waals surface area contributed by atoms with Gasteiger partial charge in [0.2, 0.25) is 11.8 Å². The van der Waals surface area contributed by atoms with E-state index < -0.39 is 0 Å². The van der Waals surface area contributed by atoms with Crippen LogP contribution in [0.5, 0.6) is 0 Å². The molecular formula is C20H27N3O3S. The zero-order valence-corrected chi connectivity index (χ0v) is 16.7. The van der Waals surface area contributed by atoms with Crippen LogP contribution in [0.25, 0.3) is 0 Å². The summed E-state index contributed by atoms with van der Waals surface area (Å²) in [6.07, 6.45) is 5.06. The van der Waals surface area contributed by atoms with Gasteiger partial charge in [0.25, 0.3) is 5.91 Å². The van der Waals surface area contributed by atoms with Crippen LogP contribution in [-0.4, -0.2) is 72.2 Å². The van der Waals surface area contributed by atoms with Crippen LogP contribution < -0.4 is 0 Å². The van der Waals surface area contributed by atoms with E-state index in [1.807, 2.05) is 21.2 Å². The monoisotopic (exact) mass is 389 g/mol. The van der Waals surface area contributed by atoms with E-state index in [-0.39, 0.29) is 29.7 Å². The first-order chi connectivity index (χ1) is 13.0. The average Bonchev–Trinajstić information content (AvgIpc) is 3.13. The van der Waals surface area contributed by atoms with E-state index >= 15 is 0 Å². The number of thiophene rings is 1. The van der Waals surface area contributed by atoms with Crippen LogP contribution in [0.1, 0.15) is 41.8 Å². The Bertz CT molecular complexity index is 719. The lowest BCUT2D eigenvalue weighted by Crippen LogP contribution is -2.45. The van der Waals surface area contributed by atoms with Crippen molar-refractivity contribution < 1.29 is 14.4 Å². The minimum absolute atomic E-state index is 0.000301. The van der Waals surface area contributed by atoms with Crippen LogP contribution in [0.15, 0.2) is 17.5 Å². The molecule has 1 spiro atoms. The Labute approximate surface area is 164 Å². The van der Waals surface area contributed by atoms with Crippen molar-refractivity contribution in [1.29, 1.82) is 0 Å². The van der Waals surface area contributed by atoms with Crippen molar-refractivity contribution in [2.24, 2.45) is 11.3 Å². The van der Waals surface area contributed by atoms with E-state index in [1.54, 1.807) is 13.1 Å². The van der Waals surface area contributed by atoms with Crippen molar-refractivity contribution in [3.05, 3.63) is 22.4 Å². The molecule has 3 fully saturated rings. The number of rotatable bonds is 4. The summed E-state index contributed by atoms with van der Waals surface area (Å²) < 4.78 is 0. The number of carbonyl (C=O) groups excluding carboxylic acids is 3. The van der Waals surface area contributed by atoms with Crippen LogP contribution >= 0.6 is 11.3 Å². The van der Waals surface area contributed by atoms with E-state index in [0.29, 0.717) is 23.9 Å². The number of carbonyl (C=O) groups is 3. The van der Waals surface area contributed by atoms with Gasteiger partial charge in [-0.05, 0) is 49.0 Å². The van der Waals surface area contributed by atoms with E-state index in [0.717, 1.165) is 45.2 Å². The summed E-state index contributed by atoms with van der Waals surface area (Å²) in [5, 5.41) is 1.86. The van der Waals surface area contributed by atoms with Crippen molar-refractivity contribution in [3.8, 4) is 0 Å². The fourth-order valence-electron chi connectivity index (χ4n) is 4.57. The van der Waals surface area contributed by atoms with Gasteiger partial charge in [0.1, 0.15) is 0 Å². The number of amides is 3. The molecule has 0 aromatic carbocycles.